The zero-order chi connectivity index (χ0) is 17.4. The van der Waals surface area contributed by atoms with Gasteiger partial charge in [-0.1, -0.05) is 46.3 Å². The standard InChI is InChI=1S/C21H16BrNO2/c1-25-20-11-16(22)9-15(21(20)24)12-23-17-6-7-19-14(10-17)8-13-4-2-3-5-18(13)19/h2-7,9-12,24H,8H2,1H3. The van der Waals surface area contributed by atoms with Crippen molar-refractivity contribution >= 4 is 27.8 Å². The fraction of sp³-hybridized carbons (Fsp3) is 0.0952. The first-order valence-electron chi connectivity index (χ1n) is 7.97. The quantitative estimate of drug-likeness (QED) is 0.467. The normalized spacial score (nSPS) is 12.2. The molecular formula is C21H16BrNO2. The van der Waals surface area contributed by atoms with Crippen molar-refractivity contribution < 1.29 is 9.84 Å². The summed E-state index contributed by atoms with van der Waals surface area (Å²) in [5.74, 6) is 0.503. The predicted octanol–water partition coefficient (Wildman–Crippen LogP) is 5.49. The lowest BCUT2D eigenvalue weighted by Crippen LogP contribution is -1.89. The number of benzene rings is 3. The van der Waals surface area contributed by atoms with Crippen molar-refractivity contribution in [3.8, 4) is 22.6 Å². The van der Waals surface area contributed by atoms with Crippen molar-refractivity contribution in [1.82, 2.24) is 0 Å². The van der Waals surface area contributed by atoms with E-state index in [4.69, 9.17) is 4.74 Å². The summed E-state index contributed by atoms with van der Waals surface area (Å²) < 4.78 is 6.00. The zero-order valence-electron chi connectivity index (χ0n) is 13.7. The summed E-state index contributed by atoms with van der Waals surface area (Å²) in [7, 11) is 1.53. The molecule has 3 nitrogen and oxygen atoms in total. The average molecular weight is 394 g/mol. The van der Waals surface area contributed by atoms with Crippen LogP contribution in [0.5, 0.6) is 11.5 Å². The number of nitrogens with zero attached hydrogens (tertiary/aromatic N) is 1. The van der Waals surface area contributed by atoms with Gasteiger partial charge in [0.05, 0.1) is 12.8 Å². The third-order valence-electron chi connectivity index (χ3n) is 4.42. The first-order valence-corrected chi connectivity index (χ1v) is 8.77. The fourth-order valence-electron chi connectivity index (χ4n) is 3.20. The highest BCUT2D eigenvalue weighted by atomic mass is 79.9. The van der Waals surface area contributed by atoms with Crippen LogP contribution in [0.2, 0.25) is 0 Å². The number of hydrogen-bond donors (Lipinski definition) is 1. The Bertz CT molecular complexity index is 995. The van der Waals surface area contributed by atoms with Crippen LogP contribution in [0, 0.1) is 0 Å². The second-order valence-electron chi connectivity index (χ2n) is 5.98. The summed E-state index contributed by atoms with van der Waals surface area (Å²) in [6.07, 6.45) is 2.59. The van der Waals surface area contributed by atoms with Crippen molar-refractivity contribution in [2.45, 2.75) is 6.42 Å². The topological polar surface area (TPSA) is 41.8 Å². The van der Waals surface area contributed by atoms with Gasteiger partial charge in [0.25, 0.3) is 0 Å². The van der Waals surface area contributed by atoms with E-state index >= 15 is 0 Å². The van der Waals surface area contributed by atoms with Crippen LogP contribution in [0.1, 0.15) is 16.7 Å². The molecule has 0 fully saturated rings. The smallest absolute Gasteiger partial charge is 0.166 e. The summed E-state index contributed by atoms with van der Waals surface area (Å²) in [5.41, 5.74) is 6.70. The number of rotatable bonds is 3. The lowest BCUT2D eigenvalue weighted by Gasteiger charge is -2.07. The van der Waals surface area contributed by atoms with E-state index in [2.05, 4.69) is 57.3 Å². The Morgan fingerprint density at radius 2 is 1.84 bits per heavy atom. The number of phenols is 1. The summed E-state index contributed by atoms with van der Waals surface area (Å²) >= 11 is 3.42. The number of halogens is 1. The van der Waals surface area contributed by atoms with Crippen LogP contribution < -0.4 is 4.74 Å². The van der Waals surface area contributed by atoms with Crippen molar-refractivity contribution in [1.29, 1.82) is 0 Å². The molecule has 1 aliphatic carbocycles. The van der Waals surface area contributed by atoms with Crippen LogP contribution >= 0.6 is 15.9 Å². The minimum atomic E-state index is 0.0861. The Labute approximate surface area is 154 Å². The molecule has 0 aromatic heterocycles. The highest BCUT2D eigenvalue weighted by Gasteiger charge is 2.17. The Morgan fingerprint density at radius 1 is 1.04 bits per heavy atom. The van der Waals surface area contributed by atoms with E-state index in [1.165, 1.54) is 29.4 Å². The molecule has 124 valence electrons. The second-order valence-corrected chi connectivity index (χ2v) is 6.90. The Balaban J connectivity index is 1.66. The fourth-order valence-corrected chi connectivity index (χ4v) is 3.66. The molecule has 0 atom stereocenters. The molecule has 0 unspecified atom stereocenters. The number of fused-ring (bicyclic) bond motifs is 3. The summed E-state index contributed by atoms with van der Waals surface area (Å²) in [5, 5.41) is 10.2. The second kappa shape index (κ2) is 6.37. The van der Waals surface area contributed by atoms with E-state index in [9.17, 15) is 5.11 Å². The first-order chi connectivity index (χ1) is 12.2. The molecule has 0 bridgehead atoms. The van der Waals surface area contributed by atoms with E-state index in [0.29, 0.717) is 11.3 Å². The summed E-state index contributed by atoms with van der Waals surface area (Å²) in [6, 6.07) is 18.2. The summed E-state index contributed by atoms with van der Waals surface area (Å²) in [6.45, 7) is 0. The van der Waals surface area contributed by atoms with Crippen LogP contribution in [0.4, 0.5) is 5.69 Å². The van der Waals surface area contributed by atoms with Gasteiger partial charge in [0, 0.05) is 16.3 Å². The maximum atomic E-state index is 10.2. The van der Waals surface area contributed by atoms with Gasteiger partial charge in [0.2, 0.25) is 0 Å². The minimum absolute atomic E-state index is 0.0861. The third kappa shape index (κ3) is 2.94. The number of aliphatic imine (C=N–C) groups is 1. The molecule has 0 heterocycles. The van der Waals surface area contributed by atoms with E-state index < -0.39 is 0 Å². The molecule has 0 saturated heterocycles. The van der Waals surface area contributed by atoms with Gasteiger partial charge in [-0.15, -0.1) is 0 Å². The Morgan fingerprint density at radius 3 is 2.68 bits per heavy atom. The van der Waals surface area contributed by atoms with Crippen LogP contribution in [-0.2, 0) is 6.42 Å². The molecule has 1 N–H and O–H groups in total. The predicted molar refractivity (Wildman–Crippen MR) is 104 cm³/mol. The van der Waals surface area contributed by atoms with Gasteiger partial charge in [0.1, 0.15) is 0 Å². The minimum Gasteiger partial charge on any atom is -0.504 e. The van der Waals surface area contributed by atoms with E-state index in [1.54, 1.807) is 12.3 Å². The average Bonchev–Trinajstić information content (AvgIpc) is 2.99. The SMILES string of the molecule is COc1cc(Br)cc(C=Nc2ccc3c(c2)Cc2ccccc2-3)c1O. The Kier molecular flexibility index (Phi) is 4.06. The van der Waals surface area contributed by atoms with Crippen molar-refractivity contribution in [2.24, 2.45) is 4.99 Å². The number of hydrogen-bond acceptors (Lipinski definition) is 3. The van der Waals surface area contributed by atoms with Crippen molar-refractivity contribution in [3.63, 3.8) is 0 Å². The molecule has 0 aliphatic heterocycles. The summed E-state index contributed by atoms with van der Waals surface area (Å²) in [4.78, 5) is 4.53. The van der Waals surface area contributed by atoms with Crippen LogP contribution in [0.3, 0.4) is 0 Å². The molecule has 25 heavy (non-hydrogen) atoms. The number of aromatic hydroxyl groups is 1. The lowest BCUT2D eigenvalue weighted by atomic mass is 10.1. The van der Waals surface area contributed by atoms with E-state index in [1.807, 2.05) is 12.1 Å². The molecule has 4 rings (SSSR count). The molecule has 3 aromatic rings. The van der Waals surface area contributed by atoms with Gasteiger partial charge < -0.3 is 9.84 Å². The van der Waals surface area contributed by atoms with Gasteiger partial charge in [-0.05, 0) is 52.9 Å². The highest BCUT2D eigenvalue weighted by molar-refractivity contribution is 9.10. The van der Waals surface area contributed by atoms with Gasteiger partial charge in [0.15, 0.2) is 11.5 Å². The number of methoxy groups -OCH3 is 1. The molecular weight excluding hydrogens is 378 g/mol. The molecule has 0 radical (unpaired) electrons. The maximum Gasteiger partial charge on any atom is 0.166 e. The number of ether oxygens (including phenoxy) is 1. The molecule has 1 aliphatic rings. The highest BCUT2D eigenvalue weighted by Crippen LogP contribution is 2.38. The van der Waals surface area contributed by atoms with Gasteiger partial charge in [-0.2, -0.15) is 0 Å². The first kappa shape index (κ1) is 15.9. The third-order valence-corrected chi connectivity index (χ3v) is 4.88. The van der Waals surface area contributed by atoms with Crippen molar-refractivity contribution in [2.75, 3.05) is 7.11 Å². The molecule has 0 amide bonds. The monoisotopic (exact) mass is 393 g/mol. The van der Waals surface area contributed by atoms with Crippen LogP contribution in [0.15, 0.2) is 64.1 Å². The maximum absolute atomic E-state index is 10.2. The lowest BCUT2D eigenvalue weighted by molar-refractivity contribution is 0.373. The molecule has 4 heteroatoms. The van der Waals surface area contributed by atoms with E-state index in [-0.39, 0.29) is 5.75 Å². The zero-order valence-corrected chi connectivity index (χ0v) is 15.2. The van der Waals surface area contributed by atoms with Gasteiger partial charge in [-0.25, -0.2) is 0 Å². The molecule has 0 spiro atoms. The Hall–Kier alpha value is -2.59. The van der Waals surface area contributed by atoms with Gasteiger partial charge >= 0.3 is 0 Å². The number of phenolic OH excluding ortho intramolecular Hbond substituents is 1. The van der Waals surface area contributed by atoms with Crippen LogP contribution in [-0.4, -0.2) is 18.4 Å². The van der Waals surface area contributed by atoms with Gasteiger partial charge in [-0.3, -0.25) is 4.99 Å². The van der Waals surface area contributed by atoms with Crippen molar-refractivity contribution in [3.05, 3.63) is 75.8 Å². The largest absolute Gasteiger partial charge is 0.504 e. The molecule has 3 aromatic carbocycles. The molecule has 0 saturated carbocycles. The van der Waals surface area contributed by atoms with E-state index in [0.717, 1.165) is 16.6 Å². The van der Waals surface area contributed by atoms with Crippen LogP contribution in [0.25, 0.3) is 11.1 Å².